The highest BCUT2D eigenvalue weighted by Gasteiger charge is 1.90. The van der Waals surface area contributed by atoms with Crippen molar-refractivity contribution in [3.05, 3.63) is 36.5 Å². The molecule has 0 heterocycles. The van der Waals surface area contributed by atoms with E-state index in [1.807, 2.05) is 6.08 Å². The molecule has 0 spiro atoms. The third-order valence-corrected chi connectivity index (χ3v) is 3.81. The first-order valence-corrected chi connectivity index (χ1v) is 9.47. The van der Waals surface area contributed by atoms with Crippen molar-refractivity contribution in [2.45, 2.75) is 90.4 Å². The quantitative estimate of drug-likeness (QED) is 0.247. The summed E-state index contributed by atoms with van der Waals surface area (Å²) in [6.45, 7) is 2.53. The van der Waals surface area contributed by atoms with Crippen LogP contribution in [0.25, 0.3) is 0 Å². The van der Waals surface area contributed by atoms with E-state index in [-0.39, 0.29) is 6.61 Å². The number of aliphatic hydroxyl groups excluding tert-OH is 1. The van der Waals surface area contributed by atoms with Crippen LogP contribution in [0.5, 0.6) is 0 Å². The lowest BCUT2D eigenvalue weighted by Gasteiger charge is -2.00. The van der Waals surface area contributed by atoms with Gasteiger partial charge >= 0.3 is 0 Å². The fraction of sp³-hybridized carbons (Fsp3) is 0.714. The lowest BCUT2D eigenvalue weighted by Crippen LogP contribution is -1.80. The number of rotatable bonds is 16. The maximum Gasteiger partial charge on any atom is 0.0465 e. The molecule has 0 rings (SSSR count). The number of aliphatic hydroxyl groups is 1. The first kappa shape index (κ1) is 21.2. The first-order valence-electron chi connectivity index (χ1n) is 9.47. The fourth-order valence-corrected chi connectivity index (χ4v) is 2.43. The lowest BCUT2D eigenvalue weighted by atomic mass is 10.1. The van der Waals surface area contributed by atoms with E-state index in [1.165, 1.54) is 64.2 Å². The van der Waals surface area contributed by atoms with E-state index in [1.54, 1.807) is 0 Å². The average molecular weight is 307 g/mol. The molecule has 128 valence electrons. The third-order valence-electron chi connectivity index (χ3n) is 3.81. The molecule has 0 unspecified atom stereocenters. The number of hydrogen-bond acceptors (Lipinski definition) is 1. The maximum absolute atomic E-state index is 8.62. The summed E-state index contributed by atoms with van der Waals surface area (Å²) < 4.78 is 0. The molecule has 22 heavy (non-hydrogen) atoms. The largest absolute Gasteiger partial charge is 0.396 e. The van der Waals surface area contributed by atoms with Crippen molar-refractivity contribution < 1.29 is 5.11 Å². The van der Waals surface area contributed by atoms with Crippen molar-refractivity contribution in [1.29, 1.82) is 0 Å². The Bertz CT molecular complexity index is 276. The van der Waals surface area contributed by atoms with Crippen LogP contribution in [0, 0.1) is 0 Å². The van der Waals surface area contributed by atoms with Crippen molar-refractivity contribution >= 4 is 0 Å². The molecule has 0 aromatic heterocycles. The normalized spacial score (nSPS) is 12.3. The molecule has 0 saturated heterocycles. The second-order valence-corrected chi connectivity index (χ2v) is 6.02. The van der Waals surface area contributed by atoms with E-state index in [2.05, 4.69) is 37.3 Å². The molecular weight excluding hydrogens is 268 g/mol. The number of allylic oxidation sites excluding steroid dienone is 5. The molecule has 0 aliphatic rings. The zero-order chi connectivity index (χ0) is 16.1. The van der Waals surface area contributed by atoms with Crippen LogP contribution in [0.4, 0.5) is 0 Å². The minimum atomic E-state index is 0.252. The second-order valence-electron chi connectivity index (χ2n) is 6.02. The van der Waals surface area contributed by atoms with E-state index in [0.29, 0.717) is 0 Å². The van der Waals surface area contributed by atoms with Crippen LogP contribution < -0.4 is 0 Å². The molecule has 0 fully saturated rings. The van der Waals surface area contributed by atoms with Crippen molar-refractivity contribution in [2.24, 2.45) is 0 Å². The third kappa shape index (κ3) is 19.2. The van der Waals surface area contributed by atoms with Gasteiger partial charge in [-0.05, 0) is 32.1 Å². The predicted octanol–water partition coefficient (Wildman–Crippen LogP) is 6.74. The van der Waals surface area contributed by atoms with Gasteiger partial charge in [-0.3, -0.25) is 0 Å². The molecule has 1 N–H and O–H groups in total. The van der Waals surface area contributed by atoms with Crippen LogP contribution in [0.1, 0.15) is 90.4 Å². The zero-order valence-corrected chi connectivity index (χ0v) is 14.8. The van der Waals surface area contributed by atoms with Crippen LogP contribution in [0.15, 0.2) is 36.5 Å². The van der Waals surface area contributed by atoms with Gasteiger partial charge in [-0.15, -0.1) is 0 Å². The summed E-state index contributed by atoms with van der Waals surface area (Å²) in [5.74, 6) is 0. The molecule has 0 bridgehead atoms. The average Bonchev–Trinajstić information content (AvgIpc) is 2.54. The topological polar surface area (TPSA) is 20.2 Å². The SMILES string of the molecule is CCCCCCCCCCC/C=C\C/C=C\C/C=C\CCO. The Balaban J connectivity index is 3.19. The van der Waals surface area contributed by atoms with Gasteiger partial charge in [0, 0.05) is 6.61 Å². The van der Waals surface area contributed by atoms with Gasteiger partial charge in [0.2, 0.25) is 0 Å². The van der Waals surface area contributed by atoms with Crippen molar-refractivity contribution in [3.8, 4) is 0 Å². The van der Waals surface area contributed by atoms with Gasteiger partial charge in [0.25, 0.3) is 0 Å². The Morgan fingerprint density at radius 3 is 1.55 bits per heavy atom. The van der Waals surface area contributed by atoms with E-state index >= 15 is 0 Å². The fourth-order valence-electron chi connectivity index (χ4n) is 2.43. The second kappa shape index (κ2) is 20.2. The van der Waals surface area contributed by atoms with Gasteiger partial charge in [-0.25, -0.2) is 0 Å². The minimum Gasteiger partial charge on any atom is -0.396 e. The van der Waals surface area contributed by atoms with Crippen LogP contribution >= 0.6 is 0 Å². The van der Waals surface area contributed by atoms with Crippen LogP contribution in [-0.2, 0) is 0 Å². The summed E-state index contributed by atoms with van der Waals surface area (Å²) in [5.41, 5.74) is 0. The van der Waals surface area contributed by atoms with Gasteiger partial charge in [0.05, 0.1) is 0 Å². The molecule has 0 aliphatic heterocycles. The molecule has 0 aromatic carbocycles. The van der Waals surface area contributed by atoms with Gasteiger partial charge in [0.15, 0.2) is 0 Å². The van der Waals surface area contributed by atoms with Gasteiger partial charge < -0.3 is 5.11 Å². The molecule has 1 heteroatoms. The van der Waals surface area contributed by atoms with E-state index < -0.39 is 0 Å². The van der Waals surface area contributed by atoms with Crippen LogP contribution in [-0.4, -0.2) is 11.7 Å². The number of unbranched alkanes of at least 4 members (excludes halogenated alkanes) is 9. The molecule has 0 radical (unpaired) electrons. The Kier molecular flexibility index (Phi) is 19.4. The van der Waals surface area contributed by atoms with Crippen molar-refractivity contribution in [3.63, 3.8) is 0 Å². The predicted molar refractivity (Wildman–Crippen MR) is 100 cm³/mol. The Morgan fingerprint density at radius 1 is 0.545 bits per heavy atom. The number of hydrogen-bond donors (Lipinski definition) is 1. The Labute approximate surface area is 139 Å². The summed E-state index contributed by atoms with van der Waals surface area (Å²) in [6, 6.07) is 0. The molecule has 0 saturated carbocycles. The van der Waals surface area contributed by atoms with Crippen LogP contribution in [0.2, 0.25) is 0 Å². The summed E-state index contributed by atoms with van der Waals surface area (Å²) in [7, 11) is 0. The molecule has 0 amide bonds. The van der Waals surface area contributed by atoms with E-state index in [0.717, 1.165) is 19.3 Å². The van der Waals surface area contributed by atoms with Crippen molar-refractivity contribution in [1.82, 2.24) is 0 Å². The van der Waals surface area contributed by atoms with Gasteiger partial charge in [-0.1, -0.05) is 94.7 Å². The highest BCUT2D eigenvalue weighted by molar-refractivity contribution is 4.97. The Hall–Kier alpha value is -0.820. The van der Waals surface area contributed by atoms with Gasteiger partial charge in [-0.2, -0.15) is 0 Å². The Morgan fingerprint density at radius 2 is 1.00 bits per heavy atom. The molecule has 1 nitrogen and oxygen atoms in total. The minimum absolute atomic E-state index is 0.252. The van der Waals surface area contributed by atoms with Crippen molar-refractivity contribution in [2.75, 3.05) is 6.61 Å². The van der Waals surface area contributed by atoms with Gasteiger partial charge in [0.1, 0.15) is 0 Å². The summed E-state index contributed by atoms with van der Waals surface area (Å²) in [6.07, 6.45) is 29.8. The lowest BCUT2D eigenvalue weighted by molar-refractivity contribution is 0.302. The zero-order valence-electron chi connectivity index (χ0n) is 14.8. The molecule has 0 aromatic rings. The molecule has 0 aliphatic carbocycles. The van der Waals surface area contributed by atoms with E-state index in [9.17, 15) is 0 Å². The summed E-state index contributed by atoms with van der Waals surface area (Å²) >= 11 is 0. The highest BCUT2D eigenvalue weighted by Crippen LogP contribution is 2.10. The summed E-state index contributed by atoms with van der Waals surface area (Å²) in [5, 5.41) is 8.62. The standard InChI is InChI=1S/C21H38O/c1-2-3-4-5-6-7-8-9-10-11-12-13-14-15-16-17-18-19-20-21-22/h12-13,15-16,18-19,22H,2-11,14,17,20-21H2,1H3/b13-12-,16-15-,19-18-. The smallest absolute Gasteiger partial charge is 0.0465 e. The maximum atomic E-state index is 8.62. The van der Waals surface area contributed by atoms with Crippen LogP contribution in [0.3, 0.4) is 0 Å². The molecule has 0 atom stereocenters. The van der Waals surface area contributed by atoms with E-state index in [4.69, 9.17) is 5.11 Å². The monoisotopic (exact) mass is 306 g/mol. The molecular formula is C21H38O. The highest BCUT2D eigenvalue weighted by atomic mass is 16.2. The first-order chi connectivity index (χ1) is 10.9. The summed E-state index contributed by atoms with van der Waals surface area (Å²) in [4.78, 5) is 0.